The minimum Gasteiger partial charge on any atom is -0.311 e. The maximum absolute atomic E-state index is 3.74. The fourth-order valence-electron chi connectivity index (χ4n) is 4.65. The maximum Gasteiger partial charge on any atom is 0.0219 e. The molecule has 0 aromatic rings. The number of piperazine rings is 1. The second kappa shape index (κ2) is 7.26. The fourth-order valence-corrected chi connectivity index (χ4v) is 4.65. The van der Waals surface area contributed by atoms with Crippen LogP contribution in [0.15, 0.2) is 0 Å². The molecule has 0 aromatic carbocycles. The van der Waals surface area contributed by atoms with E-state index in [0.717, 1.165) is 18.0 Å². The van der Waals surface area contributed by atoms with Gasteiger partial charge in [-0.15, -0.1) is 0 Å². The first-order chi connectivity index (χ1) is 9.58. The molecule has 0 radical (unpaired) electrons. The van der Waals surface area contributed by atoms with Crippen molar-refractivity contribution in [1.82, 2.24) is 10.2 Å². The molecule has 20 heavy (non-hydrogen) atoms. The van der Waals surface area contributed by atoms with E-state index in [4.69, 9.17) is 0 Å². The van der Waals surface area contributed by atoms with Crippen LogP contribution in [-0.2, 0) is 0 Å². The molecule has 118 valence electrons. The second-order valence-electron chi connectivity index (χ2n) is 7.81. The van der Waals surface area contributed by atoms with E-state index in [9.17, 15) is 0 Å². The van der Waals surface area contributed by atoms with Gasteiger partial charge in [-0.3, -0.25) is 4.90 Å². The second-order valence-corrected chi connectivity index (χ2v) is 7.81. The fraction of sp³-hybridized carbons (Fsp3) is 1.00. The zero-order valence-corrected chi connectivity index (χ0v) is 14.3. The zero-order valence-electron chi connectivity index (χ0n) is 14.3. The summed E-state index contributed by atoms with van der Waals surface area (Å²) in [4.78, 5) is 2.85. The standard InChI is InChI=1S/C18H36N2/c1-5-16-13-20(17(6-2)12-19-16)14-18(11-15(3)4)9-7-8-10-18/h15-17,19H,5-14H2,1-4H3. The van der Waals surface area contributed by atoms with E-state index in [1.54, 1.807) is 0 Å². The molecule has 2 unspecified atom stereocenters. The average molecular weight is 280 g/mol. The highest BCUT2D eigenvalue weighted by atomic mass is 15.2. The quantitative estimate of drug-likeness (QED) is 0.789. The third-order valence-corrected chi connectivity index (χ3v) is 5.62. The Morgan fingerprint density at radius 3 is 2.40 bits per heavy atom. The Bertz CT molecular complexity index is 281. The molecule has 1 aliphatic carbocycles. The van der Waals surface area contributed by atoms with Crippen molar-refractivity contribution in [3.63, 3.8) is 0 Å². The van der Waals surface area contributed by atoms with Crippen molar-refractivity contribution in [2.75, 3.05) is 19.6 Å². The first kappa shape index (κ1) is 16.3. The molecule has 0 bridgehead atoms. The monoisotopic (exact) mass is 280 g/mol. The number of nitrogens with zero attached hydrogens (tertiary/aromatic N) is 1. The third kappa shape index (κ3) is 3.98. The predicted molar refractivity (Wildman–Crippen MR) is 88.1 cm³/mol. The Kier molecular flexibility index (Phi) is 5.92. The molecule has 0 amide bonds. The lowest BCUT2D eigenvalue weighted by molar-refractivity contribution is 0.0582. The smallest absolute Gasteiger partial charge is 0.0219 e. The number of hydrogen-bond acceptors (Lipinski definition) is 2. The molecule has 2 aliphatic rings. The van der Waals surface area contributed by atoms with Gasteiger partial charge in [0.1, 0.15) is 0 Å². The van der Waals surface area contributed by atoms with Gasteiger partial charge in [0.15, 0.2) is 0 Å². The van der Waals surface area contributed by atoms with E-state index in [0.29, 0.717) is 5.41 Å². The lowest BCUT2D eigenvalue weighted by Crippen LogP contribution is -2.58. The van der Waals surface area contributed by atoms with Gasteiger partial charge in [0.05, 0.1) is 0 Å². The lowest BCUT2D eigenvalue weighted by Gasteiger charge is -2.45. The van der Waals surface area contributed by atoms with Crippen LogP contribution in [-0.4, -0.2) is 36.6 Å². The largest absolute Gasteiger partial charge is 0.311 e. The van der Waals surface area contributed by atoms with Gasteiger partial charge in [0, 0.05) is 31.7 Å². The van der Waals surface area contributed by atoms with E-state index < -0.39 is 0 Å². The van der Waals surface area contributed by atoms with E-state index in [1.807, 2.05) is 0 Å². The third-order valence-electron chi connectivity index (χ3n) is 5.62. The summed E-state index contributed by atoms with van der Waals surface area (Å²) in [5.41, 5.74) is 0.636. The highest BCUT2D eigenvalue weighted by molar-refractivity contribution is 4.93. The van der Waals surface area contributed by atoms with Gasteiger partial charge in [-0.2, -0.15) is 0 Å². The van der Waals surface area contributed by atoms with E-state index >= 15 is 0 Å². The number of nitrogens with one attached hydrogen (secondary N) is 1. The molecule has 1 saturated carbocycles. The van der Waals surface area contributed by atoms with Crippen molar-refractivity contribution in [3.05, 3.63) is 0 Å². The van der Waals surface area contributed by atoms with Crippen LogP contribution in [0.2, 0.25) is 0 Å². The molecule has 2 heteroatoms. The van der Waals surface area contributed by atoms with Gasteiger partial charge >= 0.3 is 0 Å². The topological polar surface area (TPSA) is 15.3 Å². The van der Waals surface area contributed by atoms with Crippen LogP contribution in [0.4, 0.5) is 0 Å². The minimum absolute atomic E-state index is 0.636. The molecule has 0 spiro atoms. The van der Waals surface area contributed by atoms with Crippen molar-refractivity contribution in [3.8, 4) is 0 Å². The van der Waals surface area contributed by atoms with Crippen LogP contribution >= 0.6 is 0 Å². The summed E-state index contributed by atoms with van der Waals surface area (Å²) >= 11 is 0. The summed E-state index contributed by atoms with van der Waals surface area (Å²) in [7, 11) is 0. The molecule has 2 nitrogen and oxygen atoms in total. The molecule has 2 fully saturated rings. The summed E-state index contributed by atoms with van der Waals surface area (Å²) in [6.07, 6.45) is 9.87. The summed E-state index contributed by atoms with van der Waals surface area (Å²) in [5, 5.41) is 3.74. The van der Waals surface area contributed by atoms with E-state index in [1.165, 1.54) is 64.6 Å². The van der Waals surface area contributed by atoms with Gasteiger partial charge in [0.2, 0.25) is 0 Å². The average Bonchev–Trinajstić information content (AvgIpc) is 2.86. The Balaban J connectivity index is 2.02. The van der Waals surface area contributed by atoms with Crippen LogP contribution in [0.3, 0.4) is 0 Å². The predicted octanol–water partition coefficient (Wildman–Crippen LogP) is 4.06. The normalized spacial score (nSPS) is 31.1. The Morgan fingerprint density at radius 1 is 1.15 bits per heavy atom. The van der Waals surface area contributed by atoms with E-state index in [2.05, 4.69) is 37.9 Å². The van der Waals surface area contributed by atoms with Crippen LogP contribution in [0.25, 0.3) is 0 Å². The number of hydrogen-bond donors (Lipinski definition) is 1. The summed E-state index contributed by atoms with van der Waals surface area (Å²) < 4.78 is 0. The highest BCUT2D eigenvalue weighted by Gasteiger charge is 2.38. The van der Waals surface area contributed by atoms with Crippen LogP contribution in [0, 0.1) is 11.3 Å². The highest BCUT2D eigenvalue weighted by Crippen LogP contribution is 2.44. The first-order valence-electron chi connectivity index (χ1n) is 9.06. The van der Waals surface area contributed by atoms with Gasteiger partial charge in [-0.25, -0.2) is 0 Å². The van der Waals surface area contributed by atoms with Gasteiger partial charge in [0.25, 0.3) is 0 Å². The Hall–Kier alpha value is -0.0800. The number of rotatable bonds is 6. The van der Waals surface area contributed by atoms with Gasteiger partial charge in [-0.1, -0.05) is 40.5 Å². The molecule has 1 saturated heterocycles. The summed E-state index contributed by atoms with van der Waals surface area (Å²) in [6.45, 7) is 13.3. The first-order valence-corrected chi connectivity index (χ1v) is 9.06. The lowest BCUT2D eigenvalue weighted by atomic mass is 9.77. The molecule has 1 aliphatic heterocycles. The van der Waals surface area contributed by atoms with Crippen molar-refractivity contribution in [2.45, 2.75) is 84.7 Å². The molecular formula is C18H36N2. The molecule has 2 rings (SSSR count). The minimum atomic E-state index is 0.636. The van der Waals surface area contributed by atoms with Gasteiger partial charge in [-0.05, 0) is 43.4 Å². The Morgan fingerprint density at radius 2 is 1.85 bits per heavy atom. The van der Waals surface area contributed by atoms with Crippen LogP contribution in [0.5, 0.6) is 0 Å². The van der Waals surface area contributed by atoms with E-state index in [-0.39, 0.29) is 0 Å². The van der Waals surface area contributed by atoms with Crippen molar-refractivity contribution < 1.29 is 0 Å². The van der Waals surface area contributed by atoms with Crippen molar-refractivity contribution in [1.29, 1.82) is 0 Å². The molecular weight excluding hydrogens is 244 g/mol. The van der Waals surface area contributed by atoms with Crippen molar-refractivity contribution >= 4 is 0 Å². The van der Waals surface area contributed by atoms with Gasteiger partial charge < -0.3 is 5.32 Å². The SMILES string of the molecule is CCC1CN(CC2(CC(C)C)CCCC2)C(CC)CN1. The molecule has 1 heterocycles. The molecule has 1 N–H and O–H groups in total. The van der Waals surface area contributed by atoms with Crippen LogP contribution < -0.4 is 5.32 Å². The molecule has 0 aromatic heterocycles. The maximum atomic E-state index is 3.74. The molecule has 2 atom stereocenters. The van der Waals surface area contributed by atoms with Crippen molar-refractivity contribution in [2.24, 2.45) is 11.3 Å². The summed E-state index contributed by atoms with van der Waals surface area (Å²) in [5.74, 6) is 0.845. The summed E-state index contributed by atoms with van der Waals surface area (Å²) in [6, 6.07) is 1.48. The zero-order chi connectivity index (χ0) is 14.6. The Labute approximate surface area is 126 Å². The van der Waals surface area contributed by atoms with Crippen LogP contribution in [0.1, 0.15) is 72.6 Å².